The van der Waals surface area contributed by atoms with Crippen LogP contribution in [0.1, 0.15) is 42.5 Å². The van der Waals surface area contributed by atoms with Crippen LogP contribution in [0.25, 0.3) is 0 Å². The molecule has 1 atom stereocenters. The van der Waals surface area contributed by atoms with Crippen LogP contribution in [0, 0.1) is 0 Å². The summed E-state index contributed by atoms with van der Waals surface area (Å²) in [6.45, 7) is 1.94. The van der Waals surface area contributed by atoms with E-state index in [0.717, 1.165) is 18.4 Å². The molecule has 1 unspecified atom stereocenters. The predicted octanol–water partition coefficient (Wildman–Crippen LogP) is 2.15. The third-order valence-corrected chi connectivity index (χ3v) is 2.99. The maximum atomic E-state index is 10.6. The van der Waals surface area contributed by atoms with Gasteiger partial charge in [0.05, 0.1) is 6.42 Å². The molecule has 80 valence electrons. The van der Waals surface area contributed by atoms with Crippen molar-refractivity contribution in [2.75, 3.05) is 0 Å². The van der Waals surface area contributed by atoms with Crippen molar-refractivity contribution in [2.45, 2.75) is 38.5 Å². The minimum atomic E-state index is -0.747. The van der Waals surface area contributed by atoms with Crippen molar-refractivity contribution >= 4 is 5.97 Å². The second kappa shape index (κ2) is 4.01. The van der Waals surface area contributed by atoms with Crippen LogP contribution in [0.3, 0.4) is 0 Å². The van der Waals surface area contributed by atoms with E-state index in [2.05, 4.69) is 11.1 Å². The highest BCUT2D eigenvalue weighted by Crippen LogP contribution is 2.25. The van der Waals surface area contributed by atoms with Gasteiger partial charge in [0.2, 0.25) is 0 Å². The first-order valence-electron chi connectivity index (χ1n) is 5.36. The Bertz CT molecular complexity index is 387. The van der Waals surface area contributed by atoms with Gasteiger partial charge >= 0.3 is 5.97 Å². The number of aliphatic carboxylic acids is 1. The van der Waals surface area contributed by atoms with Crippen LogP contribution in [0.5, 0.6) is 0 Å². The van der Waals surface area contributed by atoms with E-state index in [-0.39, 0.29) is 12.3 Å². The third-order valence-electron chi connectivity index (χ3n) is 2.99. The normalized spacial score (nSPS) is 16.1. The van der Waals surface area contributed by atoms with Crippen molar-refractivity contribution < 1.29 is 9.90 Å². The Morgan fingerprint density at radius 3 is 3.13 bits per heavy atom. The molecule has 1 aromatic heterocycles. The molecule has 0 spiro atoms. The SMILES string of the molecule is CC(CC(=O)O)c1cnc2c(c1)CCC2. The Hall–Kier alpha value is -1.38. The molecule has 2 rings (SSSR count). The summed E-state index contributed by atoms with van der Waals surface area (Å²) in [6.07, 6.45) is 5.36. The van der Waals surface area contributed by atoms with Crippen molar-refractivity contribution in [2.24, 2.45) is 0 Å². The van der Waals surface area contributed by atoms with E-state index in [9.17, 15) is 4.79 Å². The molecule has 0 aliphatic heterocycles. The molecule has 1 aliphatic carbocycles. The number of pyridine rings is 1. The highest BCUT2D eigenvalue weighted by Gasteiger charge is 2.16. The fourth-order valence-electron chi connectivity index (χ4n) is 2.09. The Balaban J connectivity index is 2.19. The fourth-order valence-corrected chi connectivity index (χ4v) is 2.09. The highest BCUT2D eigenvalue weighted by molar-refractivity contribution is 5.67. The maximum Gasteiger partial charge on any atom is 0.303 e. The molecule has 3 heteroatoms. The quantitative estimate of drug-likeness (QED) is 0.822. The van der Waals surface area contributed by atoms with Gasteiger partial charge in [-0.2, -0.15) is 0 Å². The van der Waals surface area contributed by atoms with Crippen LogP contribution < -0.4 is 0 Å². The number of hydrogen-bond donors (Lipinski definition) is 1. The van der Waals surface area contributed by atoms with Crippen LogP contribution in [0.15, 0.2) is 12.3 Å². The lowest BCUT2D eigenvalue weighted by atomic mass is 9.98. The summed E-state index contributed by atoms with van der Waals surface area (Å²) in [5.41, 5.74) is 3.56. The van der Waals surface area contributed by atoms with Crippen molar-refractivity contribution in [3.63, 3.8) is 0 Å². The van der Waals surface area contributed by atoms with Gasteiger partial charge < -0.3 is 5.11 Å². The van der Waals surface area contributed by atoms with Gasteiger partial charge in [0, 0.05) is 11.9 Å². The number of carboxylic acids is 1. The lowest BCUT2D eigenvalue weighted by Gasteiger charge is -2.10. The number of nitrogens with zero attached hydrogens (tertiary/aromatic N) is 1. The number of carboxylic acid groups (broad SMARTS) is 1. The number of rotatable bonds is 3. The molecule has 0 fully saturated rings. The summed E-state index contributed by atoms with van der Waals surface area (Å²) in [5.74, 6) is -0.691. The van der Waals surface area contributed by atoms with Gasteiger partial charge in [0.1, 0.15) is 0 Å². The van der Waals surface area contributed by atoms with E-state index in [0.29, 0.717) is 0 Å². The van der Waals surface area contributed by atoms with Gasteiger partial charge in [-0.15, -0.1) is 0 Å². The molecule has 15 heavy (non-hydrogen) atoms. The van der Waals surface area contributed by atoms with Gasteiger partial charge in [-0.05, 0) is 36.3 Å². The Kier molecular flexibility index (Phi) is 2.71. The lowest BCUT2D eigenvalue weighted by Crippen LogP contribution is -2.04. The van der Waals surface area contributed by atoms with Gasteiger partial charge in [-0.25, -0.2) is 0 Å². The zero-order valence-electron chi connectivity index (χ0n) is 8.86. The molecule has 0 saturated heterocycles. The van der Waals surface area contributed by atoms with Gasteiger partial charge in [-0.3, -0.25) is 9.78 Å². The standard InChI is InChI=1S/C12H15NO2/c1-8(5-12(14)15)10-6-9-3-2-4-11(9)13-7-10/h6-8H,2-5H2,1H3,(H,14,15). The Labute approximate surface area is 89.2 Å². The van der Waals surface area contributed by atoms with Crippen LogP contribution >= 0.6 is 0 Å². The molecule has 0 saturated carbocycles. The molecular weight excluding hydrogens is 190 g/mol. The summed E-state index contributed by atoms with van der Waals surface area (Å²) in [6, 6.07) is 2.13. The predicted molar refractivity (Wildman–Crippen MR) is 56.9 cm³/mol. The van der Waals surface area contributed by atoms with Crippen molar-refractivity contribution in [3.8, 4) is 0 Å². The van der Waals surface area contributed by atoms with Gasteiger partial charge in [0.25, 0.3) is 0 Å². The van der Waals surface area contributed by atoms with Crippen molar-refractivity contribution in [3.05, 3.63) is 29.1 Å². The molecule has 0 amide bonds. The summed E-state index contributed by atoms with van der Waals surface area (Å²) in [4.78, 5) is 15.0. The molecule has 1 aromatic rings. The van der Waals surface area contributed by atoms with Gasteiger partial charge in [-0.1, -0.05) is 13.0 Å². The van der Waals surface area contributed by atoms with E-state index in [1.165, 1.54) is 17.7 Å². The third kappa shape index (κ3) is 2.17. The summed E-state index contributed by atoms with van der Waals surface area (Å²) in [5, 5.41) is 8.72. The Morgan fingerprint density at radius 1 is 1.60 bits per heavy atom. The molecule has 1 N–H and O–H groups in total. The summed E-state index contributed by atoms with van der Waals surface area (Å²) in [7, 11) is 0. The average molecular weight is 205 g/mol. The van der Waals surface area contributed by atoms with E-state index in [4.69, 9.17) is 5.11 Å². The minimum Gasteiger partial charge on any atom is -0.481 e. The number of fused-ring (bicyclic) bond motifs is 1. The number of aryl methyl sites for hydroxylation is 2. The van der Waals surface area contributed by atoms with Crippen LogP contribution in [0.4, 0.5) is 0 Å². The molecule has 0 radical (unpaired) electrons. The largest absolute Gasteiger partial charge is 0.481 e. The minimum absolute atomic E-state index is 0.0564. The number of hydrogen-bond acceptors (Lipinski definition) is 2. The van der Waals surface area contributed by atoms with E-state index in [1.807, 2.05) is 13.1 Å². The zero-order valence-corrected chi connectivity index (χ0v) is 8.86. The topological polar surface area (TPSA) is 50.2 Å². The molecule has 0 bridgehead atoms. The van der Waals surface area contributed by atoms with Crippen LogP contribution in [-0.4, -0.2) is 16.1 Å². The second-order valence-electron chi connectivity index (χ2n) is 4.23. The van der Waals surface area contributed by atoms with Crippen molar-refractivity contribution in [1.29, 1.82) is 0 Å². The summed E-state index contributed by atoms with van der Waals surface area (Å²) >= 11 is 0. The second-order valence-corrected chi connectivity index (χ2v) is 4.23. The zero-order chi connectivity index (χ0) is 10.8. The molecule has 3 nitrogen and oxygen atoms in total. The van der Waals surface area contributed by atoms with Crippen LogP contribution in [-0.2, 0) is 17.6 Å². The maximum absolute atomic E-state index is 10.6. The lowest BCUT2D eigenvalue weighted by molar-refractivity contribution is -0.137. The fraction of sp³-hybridized carbons (Fsp3) is 0.500. The first kappa shape index (κ1) is 10.1. The average Bonchev–Trinajstić information content (AvgIpc) is 2.62. The van der Waals surface area contributed by atoms with E-state index in [1.54, 1.807) is 0 Å². The Morgan fingerprint density at radius 2 is 2.40 bits per heavy atom. The van der Waals surface area contributed by atoms with Crippen LogP contribution in [0.2, 0.25) is 0 Å². The molecular formula is C12H15NO2. The monoisotopic (exact) mass is 205 g/mol. The van der Waals surface area contributed by atoms with Gasteiger partial charge in [0.15, 0.2) is 0 Å². The highest BCUT2D eigenvalue weighted by atomic mass is 16.4. The molecule has 1 heterocycles. The first-order chi connectivity index (χ1) is 7.16. The molecule has 1 aliphatic rings. The van der Waals surface area contributed by atoms with E-state index >= 15 is 0 Å². The molecule has 0 aromatic carbocycles. The number of aromatic nitrogens is 1. The van der Waals surface area contributed by atoms with E-state index < -0.39 is 5.97 Å². The number of carbonyl (C=O) groups is 1. The smallest absolute Gasteiger partial charge is 0.303 e. The van der Waals surface area contributed by atoms with Crippen molar-refractivity contribution in [1.82, 2.24) is 4.98 Å². The first-order valence-corrected chi connectivity index (χ1v) is 5.36. The summed E-state index contributed by atoms with van der Waals surface area (Å²) < 4.78 is 0.